The highest BCUT2D eigenvalue weighted by Gasteiger charge is 2.26. The van der Waals surface area contributed by atoms with Crippen LogP contribution in [-0.2, 0) is 0 Å². The van der Waals surface area contributed by atoms with Gasteiger partial charge in [0.05, 0.1) is 0 Å². The molecule has 0 saturated heterocycles. The lowest BCUT2D eigenvalue weighted by Gasteiger charge is -2.20. The Kier molecular flexibility index (Phi) is 12.5. The first-order valence-electron chi connectivity index (χ1n) is 34.5. The molecule has 0 unspecified atom stereocenters. The molecule has 0 N–H and O–H groups in total. The molecule has 0 amide bonds. The van der Waals surface area contributed by atoms with Gasteiger partial charge >= 0.3 is 0 Å². The van der Waals surface area contributed by atoms with Crippen LogP contribution in [0.5, 0.6) is 0 Å². The number of fused-ring (bicyclic) bond motifs is 15. The van der Waals surface area contributed by atoms with Crippen LogP contribution >= 0.6 is 0 Å². The molecule has 2 aromatic heterocycles. The summed E-state index contributed by atoms with van der Waals surface area (Å²) in [5.41, 5.74) is 22.4. The predicted octanol–water partition coefficient (Wildman–Crippen LogP) is 28.0. The summed E-state index contributed by atoms with van der Waals surface area (Å²) in [7, 11) is 0. The van der Waals surface area contributed by atoms with Crippen molar-refractivity contribution in [1.29, 1.82) is 0 Å². The molecule has 0 atom stereocenters. The molecule has 21 rings (SSSR count). The molecule has 19 aromatic carbocycles. The van der Waals surface area contributed by atoms with E-state index < -0.39 is 0 Å². The Hall–Kier alpha value is -13.1. The van der Waals surface area contributed by atoms with Gasteiger partial charge in [-0.1, -0.05) is 315 Å². The number of hydrogen-bond acceptors (Lipinski definition) is 2. The normalized spacial score (nSPS) is 12.0. The Labute approximate surface area is 576 Å². The molecular formula is C98H58O2. The molecule has 462 valence electrons. The predicted molar refractivity (Wildman–Crippen MR) is 425 cm³/mol. The minimum absolute atomic E-state index is 0.860. The average molecular weight is 1270 g/mol. The maximum absolute atomic E-state index is 7.27. The number of furan rings is 2. The van der Waals surface area contributed by atoms with Crippen molar-refractivity contribution in [3.63, 3.8) is 0 Å². The van der Waals surface area contributed by atoms with Gasteiger partial charge in [0.25, 0.3) is 0 Å². The van der Waals surface area contributed by atoms with Crippen molar-refractivity contribution < 1.29 is 8.83 Å². The van der Waals surface area contributed by atoms with Crippen LogP contribution in [0.15, 0.2) is 361 Å². The third-order valence-corrected chi connectivity index (χ3v) is 21.5. The third-order valence-electron chi connectivity index (χ3n) is 21.5. The first-order chi connectivity index (χ1) is 49.6. The Morgan fingerprint density at radius 3 is 1.20 bits per heavy atom. The second kappa shape index (κ2) is 22.2. The van der Waals surface area contributed by atoms with Crippen LogP contribution in [0.4, 0.5) is 0 Å². The lowest BCUT2D eigenvalue weighted by atomic mass is 9.82. The molecular weight excluding hydrogens is 1210 g/mol. The van der Waals surface area contributed by atoms with Crippen LogP contribution in [0.3, 0.4) is 0 Å². The highest BCUT2D eigenvalue weighted by Crippen LogP contribution is 2.52. The number of hydrogen-bond donors (Lipinski definition) is 0. The van der Waals surface area contributed by atoms with Gasteiger partial charge in [0.2, 0.25) is 0 Å². The van der Waals surface area contributed by atoms with E-state index in [9.17, 15) is 0 Å². The largest absolute Gasteiger partial charge is 0.456 e. The van der Waals surface area contributed by atoms with E-state index >= 15 is 0 Å². The molecule has 100 heavy (non-hydrogen) atoms. The van der Waals surface area contributed by atoms with E-state index in [4.69, 9.17) is 8.83 Å². The summed E-state index contributed by atoms with van der Waals surface area (Å²) in [5, 5.41) is 23.9. The monoisotopic (exact) mass is 1270 g/mol. The lowest BCUT2D eigenvalue weighted by molar-refractivity contribution is 0.669. The second-order valence-electron chi connectivity index (χ2n) is 26.7. The molecule has 0 radical (unpaired) electrons. The molecule has 21 aromatic rings. The van der Waals surface area contributed by atoms with Crippen molar-refractivity contribution in [1.82, 2.24) is 0 Å². The molecule has 0 spiro atoms. The zero-order valence-corrected chi connectivity index (χ0v) is 54.3. The van der Waals surface area contributed by atoms with E-state index in [2.05, 4.69) is 346 Å². The molecule has 2 nitrogen and oxygen atoms in total. The van der Waals surface area contributed by atoms with Gasteiger partial charge in [0.1, 0.15) is 22.3 Å². The smallest absolute Gasteiger partial charge is 0.143 e. The van der Waals surface area contributed by atoms with E-state index in [1.54, 1.807) is 0 Å². The van der Waals surface area contributed by atoms with Gasteiger partial charge in [0.15, 0.2) is 0 Å². The van der Waals surface area contributed by atoms with Crippen molar-refractivity contribution in [3.8, 4) is 89.0 Å². The number of para-hydroxylation sites is 2. The standard InChI is InChI=1S/C98H58O2/c1-3-28-65-59(23-1)25-20-43-71(65)94-76-36-11-13-38-78(76)95(79-39-14-12-37-77(79)94)82-54-53-70(68-30-5-6-31-69(68)82)83-55-56-84(98-97(83)86-41-16-18-47-89(86)100-98)80-44-21-45-81-87(58-63-24-2-4-29-67(63)93(80)81)62-26-19-27-64(57-62)92-74-34-9-7-32-72(74)91(73-33-8-10-35-75(73)92)61-51-49-60(50-52-61)66-42-22-48-90-96(66)85-40-15-17-46-88(85)99-90/h1-58H. The van der Waals surface area contributed by atoms with Gasteiger partial charge in [-0.25, -0.2) is 0 Å². The van der Waals surface area contributed by atoms with E-state index in [1.807, 2.05) is 6.07 Å². The van der Waals surface area contributed by atoms with Crippen LogP contribution in [0.25, 0.3) is 219 Å². The number of rotatable bonds is 8. The zero-order valence-electron chi connectivity index (χ0n) is 54.3. The molecule has 0 saturated carbocycles. The summed E-state index contributed by atoms with van der Waals surface area (Å²) in [6.45, 7) is 0. The quantitative estimate of drug-likeness (QED) is 0.112. The maximum atomic E-state index is 7.27. The highest BCUT2D eigenvalue weighted by molar-refractivity contribution is 6.29. The summed E-state index contributed by atoms with van der Waals surface area (Å²) in [5.74, 6) is 0. The van der Waals surface area contributed by atoms with Gasteiger partial charge in [-0.3, -0.25) is 0 Å². The summed E-state index contributed by atoms with van der Waals surface area (Å²) in [6.07, 6.45) is 0. The summed E-state index contributed by atoms with van der Waals surface area (Å²) >= 11 is 0. The third kappa shape index (κ3) is 8.44. The Morgan fingerprint density at radius 1 is 0.150 bits per heavy atom. The summed E-state index contributed by atoms with van der Waals surface area (Å²) in [4.78, 5) is 0. The van der Waals surface area contributed by atoms with Gasteiger partial charge in [0, 0.05) is 27.1 Å². The van der Waals surface area contributed by atoms with Crippen LogP contribution < -0.4 is 0 Å². The van der Waals surface area contributed by atoms with Crippen LogP contribution in [0, 0.1) is 0 Å². The highest BCUT2D eigenvalue weighted by atomic mass is 16.3. The lowest BCUT2D eigenvalue weighted by Crippen LogP contribution is -1.93. The van der Waals surface area contributed by atoms with Gasteiger partial charge in [-0.15, -0.1) is 0 Å². The fourth-order valence-electron chi connectivity index (χ4n) is 17.2. The average Bonchev–Trinajstić information content (AvgIpc) is 1.06. The van der Waals surface area contributed by atoms with Crippen LogP contribution in [0.1, 0.15) is 0 Å². The second-order valence-corrected chi connectivity index (χ2v) is 26.7. The van der Waals surface area contributed by atoms with E-state index in [-0.39, 0.29) is 0 Å². The molecule has 0 aliphatic carbocycles. The van der Waals surface area contributed by atoms with Crippen molar-refractivity contribution >= 4 is 130 Å². The minimum Gasteiger partial charge on any atom is -0.456 e. The first-order valence-corrected chi connectivity index (χ1v) is 34.5. The minimum atomic E-state index is 0.860. The van der Waals surface area contributed by atoms with E-state index in [0.29, 0.717) is 0 Å². The van der Waals surface area contributed by atoms with E-state index in [1.165, 1.54) is 142 Å². The Bertz CT molecular complexity index is 6900. The summed E-state index contributed by atoms with van der Waals surface area (Å²) in [6, 6.07) is 130. The van der Waals surface area contributed by atoms with Crippen molar-refractivity contribution in [2.24, 2.45) is 0 Å². The van der Waals surface area contributed by atoms with Gasteiger partial charge < -0.3 is 8.83 Å². The van der Waals surface area contributed by atoms with E-state index in [0.717, 1.165) is 77.3 Å². The van der Waals surface area contributed by atoms with Gasteiger partial charge in [-0.05, 0) is 206 Å². The Balaban J connectivity index is 0.711. The fourth-order valence-corrected chi connectivity index (χ4v) is 17.2. The summed E-state index contributed by atoms with van der Waals surface area (Å²) < 4.78 is 13.6. The first kappa shape index (κ1) is 56.1. The Morgan fingerprint density at radius 2 is 0.540 bits per heavy atom. The van der Waals surface area contributed by atoms with Crippen molar-refractivity contribution in [2.45, 2.75) is 0 Å². The number of benzene rings is 19. The molecule has 0 aliphatic heterocycles. The van der Waals surface area contributed by atoms with Crippen LogP contribution in [0.2, 0.25) is 0 Å². The van der Waals surface area contributed by atoms with Gasteiger partial charge in [-0.2, -0.15) is 0 Å². The van der Waals surface area contributed by atoms with Crippen molar-refractivity contribution in [3.05, 3.63) is 352 Å². The molecule has 2 heterocycles. The SMILES string of the molecule is c1cc(-c2c3ccccc3c(-c3ccc(-c4cccc5oc6ccccc6c45)cc3)c3ccccc23)cc(-c2cc3ccccc3c3c(-c4ccc(-c5ccc(-c6c7ccccc7c(-c7cccc8ccccc78)c7ccccc67)c6ccccc56)c5c4oc4ccccc45)cccc23)c1. The molecule has 0 bridgehead atoms. The molecule has 0 aliphatic rings. The fraction of sp³-hybridized carbons (Fsp3) is 0. The van der Waals surface area contributed by atoms with Crippen molar-refractivity contribution in [2.75, 3.05) is 0 Å². The van der Waals surface area contributed by atoms with Crippen LogP contribution in [-0.4, -0.2) is 0 Å². The zero-order chi connectivity index (χ0) is 65.5. The topological polar surface area (TPSA) is 26.3 Å². The maximum Gasteiger partial charge on any atom is 0.143 e. The molecule has 0 fully saturated rings. The molecule has 2 heteroatoms.